The molecule has 1 aromatic carbocycles. The van der Waals surface area contributed by atoms with E-state index < -0.39 is 12.6 Å². The maximum Gasteiger partial charge on any atom is 0.573 e. The summed E-state index contributed by atoms with van der Waals surface area (Å²) >= 11 is 3.41. The lowest BCUT2D eigenvalue weighted by atomic mass is 10.1. The first kappa shape index (κ1) is 15.9. The summed E-state index contributed by atoms with van der Waals surface area (Å²) in [5.41, 5.74) is 1.70. The van der Waals surface area contributed by atoms with E-state index in [1.54, 1.807) is 24.1 Å². The second kappa shape index (κ2) is 5.57. The van der Waals surface area contributed by atoms with Gasteiger partial charge < -0.3 is 19.3 Å². The number of hydrogen-bond acceptors (Lipinski definition) is 4. The Morgan fingerprint density at radius 3 is 2.52 bits per heavy atom. The van der Waals surface area contributed by atoms with Gasteiger partial charge in [-0.1, -0.05) is 0 Å². The van der Waals surface area contributed by atoms with Crippen molar-refractivity contribution in [2.45, 2.75) is 12.6 Å². The lowest BCUT2D eigenvalue weighted by molar-refractivity contribution is -0.274. The fraction of sp³-hybridized carbons (Fsp3) is 0.214. The number of ether oxygens (including phenoxy) is 1. The fourth-order valence-electron chi connectivity index (χ4n) is 2.35. The lowest BCUT2D eigenvalue weighted by Crippen LogP contribution is -2.27. The number of halogens is 4. The van der Waals surface area contributed by atoms with Crippen LogP contribution < -0.4 is 9.64 Å². The quantitative estimate of drug-likeness (QED) is 0.853. The van der Waals surface area contributed by atoms with Crippen LogP contribution in [0.4, 0.5) is 18.9 Å². The molecule has 2 heterocycles. The Labute approximate surface area is 137 Å². The molecule has 1 atom stereocenters. The van der Waals surface area contributed by atoms with Gasteiger partial charge in [0.25, 0.3) is 0 Å². The molecular weight excluding hydrogens is 379 g/mol. The van der Waals surface area contributed by atoms with Gasteiger partial charge in [-0.25, -0.2) is 4.98 Å². The highest BCUT2D eigenvalue weighted by atomic mass is 79.9. The largest absolute Gasteiger partial charge is 0.573 e. The van der Waals surface area contributed by atoms with Gasteiger partial charge in [0.1, 0.15) is 11.4 Å². The first-order valence-corrected chi connectivity index (χ1v) is 7.26. The molecule has 0 saturated carbocycles. The molecule has 23 heavy (non-hydrogen) atoms. The van der Waals surface area contributed by atoms with Crippen molar-refractivity contribution in [3.05, 3.63) is 48.2 Å². The topological polar surface area (TPSA) is 50.5 Å². The number of rotatable bonds is 2. The van der Waals surface area contributed by atoms with Crippen molar-refractivity contribution in [3.63, 3.8) is 0 Å². The average Bonchev–Trinajstić information content (AvgIpc) is 2.85. The van der Waals surface area contributed by atoms with E-state index >= 15 is 0 Å². The summed E-state index contributed by atoms with van der Waals surface area (Å²) in [5.74, 6) is -0.325. The van der Waals surface area contributed by atoms with Crippen LogP contribution in [0.25, 0.3) is 4.48 Å². The molecule has 0 radical (unpaired) electrons. The number of imidazole rings is 1. The van der Waals surface area contributed by atoms with E-state index in [4.69, 9.17) is 0 Å². The average molecular weight is 390 g/mol. The highest BCUT2D eigenvalue weighted by Gasteiger charge is 2.32. The zero-order valence-corrected chi connectivity index (χ0v) is 13.3. The molecule has 0 amide bonds. The van der Waals surface area contributed by atoms with Crippen LogP contribution >= 0.6 is 15.9 Å². The van der Waals surface area contributed by atoms with Gasteiger partial charge in [-0.05, 0) is 40.2 Å². The molecule has 1 aliphatic heterocycles. The molecule has 5 nitrogen and oxygen atoms in total. The monoisotopic (exact) mass is 389 g/mol. The zero-order chi connectivity index (χ0) is 16.8. The number of alkyl halides is 3. The molecule has 1 aromatic heterocycles. The molecule has 1 N–H and O–H groups in total. The molecule has 122 valence electrons. The van der Waals surface area contributed by atoms with Crippen molar-refractivity contribution in [3.8, 4) is 5.75 Å². The third kappa shape index (κ3) is 3.06. The van der Waals surface area contributed by atoms with Crippen molar-refractivity contribution in [2.24, 2.45) is 7.05 Å². The van der Waals surface area contributed by atoms with Gasteiger partial charge in [-0.2, -0.15) is 0 Å². The van der Waals surface area contributed by atoms with Gasteiger partial charge in [0, 0.05) is 18.9 Å². The number of fused-ring (bicyclic) bond motifs is 1. The molecule has 1 aliphatic rings. The number of aryl methyl sites for hydroxylation is 1. The summed E-state index contributed by atoms with van der Waals surface area (Å²) in [6, 6.07) is 5.22. The molecule has 0 saturated heterocycles. The number of aromatic nitrogens is 2. The van der Waals surface area contributed by atoms with Gasteiger partial charge in [0.05, 0.1) is 16.5 Å². The smallest absolute Gasteiger partial charge is 0.406 e. The molecule has 0 spiro atoms. The van der Waals surface area contributed by atoms with Crippen molar-refractivity contribution in [1.29, 1.82) is 0 Å². The van der Waals surface area contributed by atoms with E-state index in [1.165, 1.54) is 29.2 Å². The molecule has 3 rings (SSSR count). The van der Waals surface area contributed by atoms with Crippen LogP contribution in [-0.2, 0) is 7.05 Å². The maximum atomic E-state index is 12.2. The Balaban J connectivity index is 1.90. The number of aliphatic hydroxyl groups excluding tert-OH is 1. The SMILES string of the molecule is Cn1cnc2c1C(Br)=CN(c1ccc(OC(F)(F)F)cc1)C2O. The van der Waals surface area contributed by atoms with Crippen LogP contribution in [0.1, 0.15) is 17.6 Å². The number of benzene rings is 1. The number of anilines is 1. The third-order valence-corrected chi connectivity index (χ3v) is 3.90. The predicted molar refractivity (Wildman–Crippen MR) is 80.7 cm³/mol. The number of nitrogens with zero attached hydrogens (tertiary/aromatic N) is 3. The van der Waals surface area contributed by atoms with E-state index in [2.05, 4.69) is 25.7 Å². The number of hydrogen-bond donors (Lipinski definition) is 1. The zero-order valence-electron chi connectivity index (χ0n) is 11.8. The van der Waals surface area contributed by atoms with E-state index in [0.29, 0.717) is 15.9 Å². The van der Waals surface area contributed by atoms with Crippen LogP contribution in [0, 0.1) is 0 Å². The first-order chi connectivity index (χ1) is 10.8. The van der Waals surface area contributed by atoms with Crippen molar-refractivity contribution in [1.82, 2.24) is 9.55 Å². The van der Waals surface area contributed by atoms with Crippen LogP contribution in [0.2, 0.25) is 0 Å². The van der Waals surface area contributed by atoms with Gasteiger partial charge in [0.15, 0.2) is 6.23 Å². The maximum absolute atomic E-state index is 12.2. The van der Waals surface area contributed by atoms with Gasteiger partial charge >= 0.3 is 6.36 Å². The molecule has 0 aliphatic carbocycles. The van der Waals surface area contributed by atoms with Gasteiger partial charge in [-0.15, -0.1) is 13.2 Å². The molecule has 0 bridgehead atoms. The van der Waals surface area contributed by atoms with E-state index in [-0.39, 0.29) is 5.75 Å². The minimum Gasteiger partial charge on any atom is -0.406 e. The van der Waals surface area contributed by atoms with Crippen molar-refractivity contribution in [2.75, 3.05) is 4.90 Å². The van der Waals surface area contributed by atoms with Crippen LogP contribution in [0.15, 0.2) is 36.8 Å². The van der Waals surface area contributed by atoms with E-state index in [9.17, 15) is 18.3 Å². The van der Waals surface area contributed by atoms with Crippen LogP contribution in [-0.4, -0.2) is 21.0 Å². The molecular formula is C14H11BrF3N3O2. The van der Waals surface area contributed by atoms with Crippen LogP contribution in [0.3, 0.4) is 0 Å². The molecule has 1 unspecified atom stereocenters. The summed E-state index contributed by atoms with van der Waals surface area (Å²) in [4.78, 5) is 5.65. The van der Waals surface area contributed by atoms with Gasteiger partial charge in [-0.3, -0.25) is 0 Å². The number of aliphatic hydroxyl groups is 1. The normalized spacial score (nSPS) is 17.7. The highest BCUT2D eigenvalue weighted by Crippen LogP contribution is 2.38. The summed E-state index contributed by atoms with van der Waals surface area (Å²) in [6.45, 7) is 0. The summed E-state index contributed by atoms with van der Waals surface area (Å²) < 4.78 is 42.8. The summed E-state index contributed by atoms with van der Waals surface area (Å²) in [7, 11) is 1.80. The van der Waals surface area contributed by atoms with Crippen molar-refractivity contribution < 1.29 is 23.0 Å². The molecule has 9 heteroatoms. The Hall–Kier alpha value is -2.00. The second-order valence-corrected chi connectivity index (χ2v) is 5.74. The Morgan fingerprint density at radius 2 is 1.91 bits per heavy atom. The van der Waals surface area contributed by atoms with Crippen LogP contribution in [0.5, 0.6) is 5.75 Å². The lowest BCUT2D eigenvalue weighted by Gasteiger charge is -2.30. The van der Waals surface area contributed by atoms with E-state index in [1.807, 2.05) is 0 Å². The Bertz CT molecular complexity index is 756. The fourth-order valence-corrected chi connectivity index (χ4v) is 3.05. The van der Waals surface area contributed by atoms with Gasteiger partial charge in [0.2, 0.25) is 0 Å². The summed E-state index contributed by atoms with van der Waals surface area (Å²) in [5, 5.41) is 10.4. The minimum atomic E-state index is -4.74. The summed E-state index contributed by atoms with van der Waals surface area (Å²) in [6.07, 6.45) is -2.55. The molecule has 0 fully saturated rings. The first-order valence-electron chi connectivity index (χ1n) is 6.47. The minimum absolute atomic E-state index is 0.325. The Kier molecular flexibility index (Phi) is 3.85. The predicted octanol–water partition coefficient (Wildman–Crippen LogP) is 3.52. The highest BCUT2D eigenvalue weighted by molar-refractivity contribution is 9.15. The second-order valence-electron chi connectivity index (χ2n) is 4.89. The standard InChI is InChI=1S/C14H11BrF3N3O2/c1-20-7-19-11-12(20)10(15)6-21(13(11)22)8-2-4-9(5-3-8)23-14(16,17)18/h2-7,13,22H,1H3. The van der Waals surface area contributed by atoms with Crippen molar-refractivity contribution >= 4 is 26.1 Å². The molecule has 2 aromatic rings. The third-order valence-electron chi connectivity index (χ3n) is 3.32. The Morgan fingerprint density at radius 1 is 1.26 bits per heavy atom. The van der Waals surface area contributed by atoms with E-state index in [0.717, 1.165) is 5.69 Å².